The second-order valence-electron chi connectivity index (χ2n) is 15.4. The molecule has 3 atom stereocenters. The number of sulfone groups is 1. The number of nitrogens with one attached hydrogen (secondary N) is 4. The van der Waals surface area contributed by atoms with E-state index < -0.39 is 49.7 Å². The molecule has 3 fully saturated rings. The maximum atomic E-state index is 14.5. The average Bonchev–Trinajstić information content (AvgIpc) is 3.51. The van der Waals surface area contributed by atoms with Crippen LogP contribution in [0.5, 0.6) is 0 Å². The first-order valence-electron chi connectivity index (χ1n) is 17.8. The molecule has 1 saturated heterocycles. The molecule has 270 valence electrons. The van der Waals surface area contributed by atoms with E-state index in [0.717, 1.165) is 51.4 Å². The van der Waals surface area contributed by atoms with E-state index in [-0.39, 0.29) is 29.9 Å². The van der Waals surface area contributed by atoms with Gasteiger partial charge in [-0.2, -0.15) is 0 Å². The molecular weight excluding hydrogens is 630 g/mol. The van der Waals surface area contributed by atoms with Crippen molar-refractivity contribution in [2.45, 2.75) is 152 Å². The van der Waals surface area contributed by atoms with Gasteiger partial charge in [-0.05, 0) is 71.1 Å². The van der Waals surface area contributed by atoms with Crippen LogP contribution in [0.3, 0.4) is 0 Å². The van der Waals surface area contributed by atoms with Crippen LogP contribution in [0.2, 0.25) is 0 Å². The lowest BCUT2D eigenvalue weighted by Gasteiger charge is -2.44. The highest BCUT2D eigenvalue weighted by molar-refractivity contribution is 7.92. The summed E-state index contributed by atoms with van der Waals surface area (Å²) in [5.74, 6) is 1.52. The first-order chi connectivity index (χ1) is 22.6. The Morgan fingerprint density at radius 3 is 2.21 bits per heavy atom. The normalized spacial score (nSPS) is 22.0. The van der Waals surface area contributed by atoms with Crippen LogP contribution in [-0.4, -0.2) is 84.3 Å². The van der Waals surface area contributed by atoms with Gasteiger partial charge in [0.1, 0.15) is 12.1 Å². The molecule has 0 spiro atoms. The Morgan fingerprint density at radius 1 is 1.00 bits per heavy atom. The van der Waals surface area contributed by atoms with Crippen LogP contribution in [0.1, 0.15) is 124 Å². The number of nitrogens with zero attached hydrogens (tertiary/aromatic N) is 1. The number of carbonyl (C=O) groups excluding carboxylic acids is 4. The molecule has 0 radical (unpaired) electrons. The molecule has 0 aromatic carbocycles. The number of hydrogen-bond donors (Lipinski definition) is 4. The van der Waals surface area contributed by atoms with Gasteiger partial charge in [-0.25, -0.2) is 13.2 Å². The number of likely N-dealkylation sites (tertiary alicyclic amines) is 1. The maximum absolute atomic E-state index is 14.5. The Labute approximate surface area is 288 Å². The van der Waals surface area contributed by atoms with Gasteiger partial charge in [0.15, 0.2) is 9.84 Å². The first kappa shape index (κ1) is 39.4. The number of terminal acetylenes is 1. The highest BCUT2D eigenvalue weighted by atomic mass is 32.2. The monoisotopic (exact) mass is 689 g/mol. The quantitative estimate of drug-likeness (QED) is 0.159. The zero-order valence-corrected chi connectivity index (χ0v) is 30.4. The molecule has 11 nitrogen and oxygen atoms in total. The van der Waals surface area contributed by atoms with Crippen molar-refractivity contribution in [1.29, 1.82) is 0 Å². The molecule has 1 unspecified atom stereocenters. The summed E-state index contributed by atoms with van der Waals surface area (Å²) in [6, 6.07) is -2.69. The predicted octanol–water partition coefficient (Wildman–Crippen LogP) is 4.12. The molecule has 1 heterocycles. The third kappa shape index (κ3) is 10.5. The van der Waals surface area contributed by atoms with Crippen molar-refractivity contribution in [2.75, 3.05) is 18.8 Å². The van der Waals surface area contributed by atoms with Crippen LogP contribution in [0.4, 0.5) is 4.79 Å². The van der Waals surface area contributed by atoms with Gasteiger partial charge >= 0.3 is 6.03 Å². The summed E-state index contributed by atoms with van der Waals surface area (Å²) in [6.07, 6.45) is 17.1. The molecule has 2 saturated carbocycles. The Balaban J connectivity index is 1.83. The van der Waals surface area contributed by atoms with E-state index in [9.17, 15) is 27.6 Å². The van der Waals surface area contributed by atoms with Gasteiger partial charge in [0.25, 0.3) is 0 Å². The topological polar surface area (TPSA) is 154 Å². The molecule has 5 amide bonds. The largest absolute Gasteiger partial charge is 0.353 e. The van der Waals surface area contributed by atoms with Gasteiger partial charge < -0.3 is 26.2 Å². The molecule has 0 bridgehead atoms. The van der Waals surface area contributed by atoms with Crippen molar-refractivity contribution >= 4 is 33.6 Å². The Kier molecular flexibility index (Phi) is 14.0. The van der Waals surface area contributed by atoms with Crippen molar-refractivity contribution in [3.05, 3.63) is 12.7 Å². The molecule has 0 aromatic heterocycles. The van der Waals surface area contributed by atoms with Crippen molar-refractivity contribution in [2.24, 2.45) is 5.41 Å². The number of amides is 5. The SMILES string of the molecule is C#CCCC(CC(=O)NCC=C)NC(=O)[C@@H]1CCCN1C(=O)[C@@H](NC(=O)NC1(CS(=O)(=O)C(C)(C)C)CCCCC1)C1(C)CCCCC1. The molecule has 12 heteroatoms. The summed E-state index contributed by atoms with van der Waals surface area (Å²) in [5.41, 5.74) is -1.46. The Hall–Kier alpha value is -3.07. The van der Waals surface area contributed by atoms with Crippen LogP contribution < -0.4 is 21.3 Å². The number of carbonyl (C=O) groups is 4. The first-order valence-corrected chi connectivity index (χ1v) is 19.4. The van der Waals surface area contributed by atoms with Crippen LogP contribution in [-0.2, 0) is 24.2 Å². The van der Waals surface area contributed by atoms with Crippen molar-refractivity contribution < 1.29 is 27.6 Å². The average molecular weight is 690 g/mol. The lowest BCUT2D eigenvalue weighted by Crippen LogP contribution is -2.64. The van der Waals surface area contributed by atoms with Gasteiger partial charge in [-0.15, -0.1) is 18.9 Å². The summed E-state index contributed by atoms with van der Waals surface area (Å²) in [6.45, 7) is 11.3. The fraction of sp³-hybridized carbons (Fsp3) is 0.778. The molecule has 4 N–H and O–H groups in total. The van der Waals surface area contributed by atoms with E-state index >= 15 is 0 Å². The molecule has 3 rings (SSSR count). The Bertz CT molecular complexity index is 1300. The van der Waals surface area contributed by atoms with Gasteiger partial charge in [-0.1, -0.05) is 51.5 Å². The molecule has 1 aliphatic heterocycles. The second-order valence-corrected chi connectivity index (χ2v) is 18.1. The van der Waals surface area contributed by atoms with Crippen LogP contribution in [0.15, 0.2) is 12.7 Å². The number of rotatable bonds is 14. The molecule has 48 heavy (non-hydrogen) atoms. The van der Waals surface area contributed by atoms with Crippen LogP contribution in [0.25, 0.3) is 0 Å². The van der Waals surface area contributed by atoms with E-state index in [2.05, 4.69) is 33.8 Å². The van der Waals surface area contributed by atoms with Gasteiger partial charge in [0.2, 0.25) is 17.7 Å². The molecule has 3 aliphatic rings. The molecular formula is C36H59N5O6S. The minimum Gasteiger partial charge on any atom is -0.353 e. The minimum atomic E-state index is -3.54. The Morgan fingerprint density at radius 2 is 1.62 bits per heavy atom. The van der Waals surface area contributed by atoms with Crippen LogP contribution >= 0.6 is 0 Å². The lowest BCUT2D eigenvalue weighted by atomic mass is 9.70. The van der Waals surface area contributed by atoms with E-state index in [1.165, 1.54) is 0 Å². The highest BCUT2D eigenvalue weighted by Crippen LogP contribution is 2.40. The number of hydrogen-bond acceptors (Lipinski definition) is 6. The van der Waals surface area contributed by atoms with E-state index in [1.807, 2.05) is 6.92 Å². The minimum absolute atomic E-state index is 0.0526. The third-order valence-corrected chi connectivity index (χ3v) is 13.3. The lowest BCUT2D eigenvalue weighted by molar-refractivity contribution is -0.143. The third-order valence-electron chi connectivity index (χ3n) is 10.5. The van der Waals surface area contributed by atoms with E-state index in [0.29, 0.717) is 51.6 Å². The molecule has 0 aromatic rings. The van der Waals surface area contributed by atoms with Gasteiger partial charge in [0.05, 0.1) is 16.0 Å². The van der Waals surface area contributed by atoms with E-state index in [1.54, 1.807) is 31.7 Å². The van der Waals surface area contributed by atoms with Gasteiger partial charge in [-0.3, -0.25) is 14.4 Å². The van der Waals surface area contributed by atoms with E-state index in [4.69, 9.17) is 6.42 Å². The fourth-order valence-electron chi connectivity index (χ4n) is 7.44. The summed E-state index contributed by atoms with van der Waals surface area (Å²) in [5, 5.41) is 11.8. The smallest absolute Gasteiger partial charge is 0.315 e. The fourth-order valence-corrected chi connectivity index (χ4v) is 8.96. The summed E-state index contributed by atoms with van der Waals surface area (Å²) in [4.78, 5) is 56.1. The molecule has 2 aliphatic carbocycles. The highest BCUT2D eigenvalue weighted by Gasteiger charge is 2.48. The number of urea groups is 1. The van der Waals surface area contributed by atoms with Crippen molar-refractivity contribution in [3.8, 4) is 12.3 Å². The second kappa shape index (κ2) is 17.0. The van der Waals surface area contributed by atoms with Crippen molar-refractivity contribution in [3.63, 3.8) is 0 Å². The zero-order valence-electron chi connectivity index (χ0n) is 29.6. The standard InChI is InChI=1S/C36H59N5O6S/c1-7-9-17-27(25-29(42)37-23-8-2)38-31(43)28-18-16-24-41(28)32(44)30(35(6)19-12-10-13-20-35)39-33(45)40-36(21-14-11-15-22-36)26-48(46,47)34(3,4)5/h1,8,27-28,30H,2,9-26H2,3-6H3,(H,37,42)(H,38,43)(H2,39,40,45)/t27?,28-,30+/m0/s1. The summed E-state index contributed by atoms with van der Waals surface area (Å²) >= 11 is 0. The summed E-state index contributed by atoms with van der Waals surface area (Å²) in [7, 11) is -3.54. The van der Waals surface area contributed by atoms with Gasteiger partial charge in [0, 0.05) is 32.0 Å². The summed E-state index contributed by atoms with van der Waals surface area (Å²) < 4.78 is 25.7. The maximum Gasteiger partial charge on any atom is 0.315 e. The van der Waals surface area contributed by atoms with Crippen molar-refractivity contribution in [1.82, 2.24) is 26.2 Å². The van der Waals surface area contributed by atoms with Crippen LogP contribution in [0, 0.1) is 17.8 Å². The zero-order chi connectivity index (χ0) is 35.6. The predicted molar refractivity (Wildman–Crippen MR) is 189 cm³/mol.